The Bertz CT molecular complexity index is 1250. The monoisotopic (exact) mass is 427 g/mol. The molecule has 1 amide bonds. The summed E-state index contributed by atoms with van der Waals surface area (Å²) < 4.78 is 0. The van der Waals surface area contributed by atoms with Crippen LogP contribution in [0.1, 0.15) is 41.5 Å². The Kier molecular flexibility index (Phi) is 6.31. The SMILES string of the molecule is CCc1cccc2c([C@@H](CC(=O)NCc3ccccc3)c3ccccc3[N+](=O)[O-])c[nH]c12. The van der Waals surface area contributed by atoms with Crippen molar-refractivity contribution in [2.75, 3.05) is 0 Å². The fraction of sp³-hybridized carbons (Fsp3) is 0.192. The highest BCUT2D eigenvalue weighted by Crippen LogP contribution is 2.38. The zero-order valence-corrected chi connectivity index (χ0v) is 17.9. The number of nitrogens with zero attached hydrogens (tertiary/aromatic N) is 1. The van der Waals surface area contributed by atoms with E-state index in [1.54, 1.807) is 18.2 Å². The lowest BCUT2D eigenvalue weighted by Crippen LogP contribution is -2.25. The minimum atomic E-state index is -0.451. The van der Waals surface area contributed by atoms with Crippen LogP contribution in [0.3, 0.4) is 0 Å². The number of carbonyl (C=O) groups excluding carboxylic acids is 1. The predicted octanol–water partition coefficient (Wildman–Crippen LogP) is 5.48. The number of amides is 1. The molecule has 1 atom stereocenters. The molecule has 6 heteroatoms. The third-order valence-electron chi connectivity index (χ3n) is 5.82. The Morgan fingerprint density at radius 1 is 1.00 bits per heavy atom. The summed E-state index contributed by atoms with van der Waals surface area (Å²) in [6.07, 6.45) is 2.86. The molecule has 0 fully saturated rings. The Morgan fingerprint density at radius 2 is 1.75 bits per heavy atom. The van der Waals surface area contributed by atoms with E-state index in [-0.39, 0.29) is 22.9 Å². The van der Waals surface area contributed by atoms with Gasteiger partial charge in [0.1, 0.15) is 0 Å². The third kappa shape index (κ3) is 4.39. The molecule has 162 valence electrons. The number of nitrogens with one attached hydrogen (secondary N) is 2. The van der Waals surface area contributed by atoms with Crippen LogP contribution in [0.4, 0.5) is 5.69 Å². The third-order valence-corrected chi connectivity index (χ3v) is 5.82. The van der Waals surface area contributed by atoms with Gasteiger partial charge in [-0.25, -0.2) is 0 Å². The minimum absolute atomic E-state index is 0.0226. The van der Waals surface area contributed by atoms with Crippen molar-refractivity contribution in [3.8, 4) is 0 Å². The number of para-hydroxylation sites is 2. The first kappa shape index (κ1) is 21.3. The highest BCUT2D eigenvalue weighted by molar-refractivity contribution is 5.88. The lowest BCUT2D eigenvalue weighted by atomic mass is 9.86. The second kappa shape index (κ2) is 9.47. The van der Waals surface area contributed by atoms with Gasteiger partial charge in [-0.15, -0.1) is 0 Å². The summed E-state index contributed by atoms with van der Waals surface area (Å²) in [6, 6.07) is 22.4. The van der Waals surface area contributed by atoms with Gasteiger partial charge in [0.15, 0.2) is 0 Å². The number of aromatic amines is 1. The summed E-state index contributed by atoms with van der Waals surface area (Å²) in [4.78, 5) is 27.7. The van der Waals surface area contributed by atoms with Gasteiger partial charge >= 0.3 is 0 Å². The number of hydrogen-bond acceptors (Lipinski definition) is 3. The van der Waals surface area contributed by atoms with Crippen molar-refractivity contribution in [1.29, 1.82) is 0 Å². The van der Waals surface area contributed by atoms with E-state index < -0.39 is 5.92 Å². The van der Waals surface area contributed by atoms with Crippen LogP contribution in [0, 0.1) is 10.1 Å². The number of carbonyl (C=O) groups is 1. The summed E-state index contributed by atoms with van der Waals surface area (Å²) in [6.45, 7) is 2.50. The molecule has 3 aromatic carbocycles. The van der Waals surface area contributed by atoms with Crippen molar-refractivity contribution in [1.82, 2.24) is 10.3 Å². The van der Waals surface area contributed by atoms with Crippen molar-refractivity contribution < 1.29 is 9.72 Å². The van der Waals surface area contributed by atoms with Crippen LogP contribution < -0.4 is 5.32 Å². The lowest BCUT2D eigenvalue weighted by Gasteiger charge is -2.17. The molecule has 1 heterocycles. The van der Waals surface area contributed by atoms with Crippen molar-refractivity contribution in [2.24, 2.45) is 0 Å². The Labute approximate surface area is 186 Å². The number of H-pyrrole nitrogens is 1. The van der Waals surface area contributed by atoms with Crippen LogP contribution >= 0.6 is 0 Å². The van der Waals surface area contributed by atoms with Crippen molar-refractivity contribution >= 4 is 22.5 Å². The van der Waals surface area contributed by atoms with Crippen LogP contribution in [0.15, 0.2) is 79.0 Å². The Morgan fingerprint density at radius 3 is 2.50 bits per heavy atom. The zero-order chi connectivity index (χ0) is 22.5. The van der Waals surface area contributed by atoms with Gasteiger partial charge in [-0.1, -0.05) is 73.7 Å². The average Bonchev–Trinajstić information content (AvgIpc) is 3.26. The topological polar surface area (TPSA) is 88.0 Å². The molecule has 4 rings (SSSR count). The van der Waals surface area contributed by atoms with Crippen molar-refractivity contribution in [3.05, 3.63) is 111 Å². The van der Waals surface area contributed by atoms with Gasteiger partial charge in [0, 0.05) is 47.6 Å². The van der Waals surface area contributed by atoms with Crippen LogP contribution in [0.2, 0.25) is 0 Å². The fourth-order valence-corrected chi connectivity index (χ4v) is 4.21. The highest BCUT2D eigenvalue weighted by Gasteiger charge is 2.27. The van der Waals surface area contributed by atoms with Crippen LogP contribution in [-0.4, -0.2) is 15.8 Å². The van der Waals surface area contributed by atoms with E-state index in [4.69, 9.17) is 0 Å². The van der Waals surface area contributed by atoms with Crippen LogP contribution in [0.25, 0.3) is 10.9 Å². The maximum Gasteiger partial charge on any atom is 0.273 e. The molecule has 0 saturated heterocycles. The summed E-state index contributed by atoms with van der Waals surface area (Å²) in [5.74, 6) is -0.605. The molecule has 0 bridgehead atoms. The molecule has 1 aromatic heterocycles. The highest BCUT2D eigenvalue weighted by atomic mass is 16.6. The number of rotatable bonds is 8. The number of nitro groups is 1. The van der Waals surface area contributed by atoms with Crippen LogP contribution in [0.5, 0.6) is 0 Å². The van der Waals surface area contributed by atoms with Crippen molar-refractivity contribution in [3.63, 3.8) is 0 Å². The molecule has 32 heavy (non-hydrogen) atoms. The maximum absolute atomic E-state index is 12.9. The molecule has 0 saturated carbocycles. The van der Waals surface area contributed by atoms with Gasteiger partial charge in [0.2, 0.25) is 5.91 Å². The first-order chi connectivity index (χ1) is 15.6. The van der Waals surface area contributed by atoms with E-state index in [0.29, 0.717) is 12.1 Å². The summed E-state index contributed by atoms with van der Waals surface area (Å²) in [5.41, 5.74) is 4.63. The van der Waals surface area contributed by atoms with E-state index in [0.717, 1.165) is 28.5 Å². The van der Waals surface area contributed by atoms with E-state index in [2.05, 4.69) is 23.3 Å². The summed E-state index contributed by atoms with van der Waals surface area (Å²) in [7, 11) is 0. The Balaban J connectivity index is 1.71. The molecule has 2 N–H and O–H groups in total. The lowest BCUT2D eigenvalue weighted by molar-refractivity contribution is -0.385. The maximum atomic E-state index is 12.9. The molecule has 0 aliphatic rings. The Hall–Kier alpha value is -3.93. The number of hydrogen-bond donors (Lipinski definition) is 2. The molecule has 0 unspecified atom stereocenters. The first-order valence-corrected chi connectivity index (χ1v) is 10.7. The van der Waals surface area contributed by atoms with Gasteiger partial charge < -0.3 is 10.3 Å². The number of aryl methyl sites for hydroxylation is 1. The summed E-state index contributed by atoms with van der Waals surface area (Å²) >= 11 is 0. The van der Waals surface area contributed by atoms with E-state index in [9.17, 15) is 14.9 Å². The molecule has 0 aliphatic heterocycles. The van der Waals surface area contributed by atoms with E-state index in [1.807, 2.05) is 48.7 Å². The molecule has 6 nitrogen and oxygen atoms in total. The standard InChI is InChI=1S/C26H25N3O3/c1-2-19-11-8-13-21-23(17-28-26(19)21)22(20-12-6-7-14-24(20)29(31)32)15-25(30)27-16-18-9-4-3-5-10-18/h3-14,17,22,28H,2,15-16H2,1H3,(H,27,30)/t22-/m0/s1. The molecule has 0 spiro atoms. The van der Waals surface area contributed by atoms with Crippen LogP contribution in [-0.2, 0) is 17.8 Å². The molecule has 0 aliphatic carbocycles. The van der Waals surface area contributed by atoms with E-state index in [1.165, 1.54) is 11.6 Å². The predicted molar refractivity (Wildman–Crippen MR) is 126 cm³/mol. The van der Waals surface area contributed by atoms with Gasteiger partial charge in [0.05, 0.1) is 4.92 Å². The minimum Gasteiger partial charge on any atom is -0.361 e. The number of fused-ring (bicyclic) bond motifs is 1. The van der Waals surface area contributed by atoms with Gasteiger partial charge in [-0.05, 0) is 23.1 Å². The van der Waals surface area contributed by atoms with Crippen molar-refractivity contribution in [2.45, 2.75) is 32.2 Å². The average molecular weight is 428 g/mol. The summed E-state index contributed by atoms with van der Waals surface area (Å²) in [5, 5.41) is 15.7. The largest absolute Gasteiger partial charge is 0.361 e. The second-order valence-electron chi connectivity index (χ2n) is 7.77. The number of nitro benzene ring substituents is 1. The smallest absolute Gasteiger partial charge is 0.273 e. The van der Waals surface area contributed by atoms with Gasteiger partial charge in [-0.3, -0.25) is 14.9 Å². The van der Waals surface area contributed by atoms with E-state index >= 15 is 0 Å². The molecular weight excluding hydrogens is 402 g/mol. The van der Waals surface area contributed by atoms with Gasteiger partial charge in [0.25, 0.3) is 5.69 Å². The molecular formula is C26H25N3O3. The second-order valence-corrected chi connectivity index (χ2v) is 7.77. The number of benzene rings is 3. The molecule has 0 radical (unpaired) electrons. The first-order valence-electron chi connectivity index (χ1n) is 10.7. The number of aromatic nitrogens is 1. The quantitative estimate of drug-likeness (QED) is 0.288. The normalized spacial score (nSPS) is 11.9. The van der Waals surface area contributed by atoms with Gasteiger partial charge in [-0.2, -0.15) is 0 Å². The molecule has 4 aromatic rings. The zero-order valence-electron chi connectivity index (χ0n) is 17.9. The fourth-order valence-electron chi connectivity index (χ4n) is 4.21.